The first-order valence-electron chi connectivity index (χ1n) is 9.36. The highest BCUT2D eigenvalue weighted by molar-refractivity contribution is 9.10. The van der Waals surface area contributed by atoms with E-state index in [0.717, 1.165) is 26.3 Å². The summed E-state index contributed by atoms with van der Waals surface area (Å²) in [4.78, 5) is 25.9. The van der Waals surface area contributed by atoms with Gasteiger partial charge in [-0.2, -0.15) is 0 Å². The molecule has 0 aliphatic rings. The van der Waals surface area contributed by atoms with Gasteiger partial charge in [0.2, 0.25) is 8.87 Å². The van der Waals surface area contributed by atoms with E-state index in [0.29, 0.717) is 21.9 Å². The van der Waals surface area contributed by atoms with Crippen LogP contribution in [0, 0.1) is 6.92 Å². The highest BCUT2D eigenvalue weighted by Gasteiger charge is 2.30. The lowest BCUT2D eigenvalue weighted by molar-refractivity contribution is 0.101. The van der Waals surface area contributed by atoms with Crippen molar-refractivity contribution in [3.05, 3.63) is 98.4 Å². The Kier molecular flexibility index (Phi) is 8.80. The number of carbonyl (C=O) groups excluding carboxylic acids is 2. The standard InChI is InChI=1S/C23H18Br2O4S3/c1-15-2-12-20(13-3-15)32(28,29)31-23(22(27)17-6-10-19(25)11-7-17)30-14-21(26)16-4-8-18(24)9-5-16/h2-13,23H,14H2,1H3/t23-/m1/s1. The fraction of sp³-hybridized carbons (Fsp3) is 0.130. The molecular weight excluding hydrogens is 596 g/mol. The molecular formula is C23H18Br2O4S3. The molecule has 1 atom stereocenters. The summed E-state index contributed by atoms with van der Waals surface area (Å²) in [5.74, 6) is -0.554. The quantitative estimate of drug-likeness (QED) is 0.151. The SMILES string of the molecule is Cc1ccc(S(=O)(=O)S[C@@H](SCC(=O)c2ccc(Br)cc2)C(=O)c2ccc(Br)cc2)cc1. The van der Waals surface area contributed by atoms with Crippen LogP contribution in [-0.2, 0) is 8.87 Å². The molecule has 0 amide bonds. The molecule has 0 fully saturated rings. The van der Waals surface area contributed by atoms with Crippen molar-refractivity contribution >= 4 is 74.9 Å². The zero-order valence-corrected chi connectivity index (χ0v) is 22.4. The minimum atomic E-state index is -3.81. The van der Waals surface area contributed by atoms with Crippen LogP contribution in [0.3, 0.4) is 0 Å². The third-order valence-corrected chi connectivity index (χ3v) is 10.9. The molecule has 0 saturated carbocycles. The Morgan fingerprint density at radius 1 is 0.812 bits per heavy atom. The number of aryl methyl sites for hydroxylation is 1. The molecule has 32 heavy (non-hydrogen) atoms. The molecule has 3 aromatic rings. The Bertz CT molecular complexity index is 1210. The van der Waals surface area contributed by atoms with E-state index in [1.54, 1.807) is 60.7 Å². The summed E-state index contributed by atoms with van der Waals surface area (Å²) in [6, 6.07) is 20.1. The van der Waals surface area contributed by atoms with E-state index in [4.69, 9.17) is 0 Å². The summed E-state index contributed by atoms with van der Waals surface area (Å²) >= 11 is 7.69. The van der Waals surface area contributed by atoms with Gasteiger partial charge in [0.15, 0.2) is 11.6 Å². The lowest BCUT2D eigenvalue weighted by Gasteiger charge is -2.15. The van der Waals surface area contributed by atoms with Gasteiger partial charge in [0.1, 0.15) is 4.58 Å². The number of hydrogen-bond acceptors (Lipinski definition) is 6. The summed E-state index contributed by atoms with van der Waals surface area (Å²) in [6.45, 7) is 1.87. The van der Waals surface area contributed by atoms with Crippen LogP contribution in [0.2, 0.25) is 0 Å². The van der Waals surface area contributed by atoms with Gasteiger partial charge in [-0.3, -0.25) is 9.59 Å². The van der Waals surface area contributed by atoms with Crippen LogP contribution in [0.4, 0.5) is 0 Å². The van der Waals surface area contributed by atoms with E-state index in [1.165, 1.54) is 12.1 Å². The highest BCUT2D eigenvalue weighted by atomic mass is 79.9. The summed E-state index contributed by atoms with van der Waals surface area (Å²) < 4.78 is 26.7. The van der Waals surface area contributed by atoms with Crippen LogP contribution in [0.25, 0.3) is 0 Å². The zero-order valence-electron chi connectivity index (χ0n) is 16.8. The molecule has 0 spiro atoms. The normalized spacial score (nSPS) is 12.3. The second kappa shape index (κ2) is 11.2. The molecule has 4 nitrogen and oxygen atoms in total. The molecule has 0 aliphatic heterocycles. The molecule has 3 aromatic carbocycles. The molecule has 0 bridgehead atoms. The number of ketones is 2. The van der Waals surface area contributed by atoms with Crippen molar-refractivity contribution in [2.45, 2.75) is 16.4 Å². The number of halogens is 2. The Balaban J connectivity index is 1.84. The highest BCUT2D eigenvalue weighted by Crippen LogP contribution is 2.36. The maximum Gasteiger partial charge on any atom is 0.231 e. The molecule has 0 aliphatic carbocycles. The van der Waals surface area contributed by atoms with E-state index < -0.39 is 13.5 Å². The Labute approximate surface area is 212 Å². The number of benzene rings is 3. The molecule has 0 unspecified atom stereocenters. The van der Waals surface area contributed by atoms with Crippen molar-refractivity contribution in [1.29, 1.82) is 0 Å². The number of thioether (sulfide) groups is 1. The predicted octanol–water partition coefficient (Wildman–Crippen LogP) is 6.77. The van der Waals surface area contributed by atoms with Crippen molar-refractivity contribution in [3.63, 3.8) is 0 Å². The molecule has 9 heteroatoms. The summed E-state index contributed by atoms with van der Waals surface area (Å²) in [6.07, 6.45) is 0. The van der Waals surface area contributed by atoms with Gasteiger partial charge in [-0.05, 0) is 54.1 Å². The number of rotatable bonds is 9. The summed E-state index contributed by atoms with van der Waals surface area (Å²) in [5, 5.41) is 0. The van der Waals surface area contributed by atoms with Gasteiger partial charge < -0.3 is 0 Å². The van der Waals surface area contributed by atoms with Gasteiger partial charge in [0, 0.05) is 20.1 Å². The van der Waals surface area contributed by atoms with Crippen LogP contribution in [-0.4, -0.2) is 30.3 Å². The van der Waals surface area contributed by atoms with Crippen LogP contribution < -0.4 is 0 Å². The lowest BCUT2D eigenvalue weighted by Crippen LogP contribution is -2.19. The first-order chi connectivity index (χ1) is 15.2. The van der Waals surface area contributed by atoms with E-state index in [9.17, 15) is 18.0 Å². The van der Waals surface area contributed by atoms with E-state index in [1.807, 2.05) is 6.92 Å². The second-order valence-electron chi connectivity index (χ2n) is 6.81. The summed E-state index contributed by atoms with van der Waals surface area (Å²) in [5.41, 5.74) is 1.82. The molecule has 3 rings (SSSR count). The Hall–Kier alpha value is -1.39. The van der Waals surface area contributed by atoms with Crippen LogP contribution >= 0.6 is 54.4 Å². The maximum absolute atomic E-state index is 13.2. The predicted molar refractivity (Wildman–Crippen MR) is 139 cm³/mol. The average molecular weight is 614 g/mol. The third kappa shape index (κ3) is 6.81. The Morgan fingerprint density at radius 2 is 1.31 bits per heavy atom. The maximum atomic E-state index is 13.2. The monoisotopic (exact) mass is 612 g/mol. The van der Waals surface area contributed by atoms with Gasteiger partial charge in [-0.25, -0.2) is 8.42 Å². The fourth-order valence-corrected chi connectivity index (χ4v) is 8.44. The van der Waals surface area contributed by atoms with Gasteiger partial charge in [-0.15, -0.1) is 11.8 Å². The van der Waals surface area contributed by atoms with Crippen molar-refractivity contribution in [2.75, 3.05) is 5.75 Å². The van der Waals surface area contributed by atoms with Crippen LogP contribution in [0.15, 0.2) is 86.6 Å². The van der Waals surface area contributed by atoms with Gasteiger partial charge >= 0.3 is 0 Å². The van der Waals surface area contributed by atoms with Crippen LogP contribution in [0.5, 0.6) is 0 Å². The van der Waals surface area contributed by atoms with Gasteiger partial charge in [-0.1, -0.05) is 73.8 Å². The Morgan fingerprint density at radius 3 is 1.84 bits per heavy atom. The molecule has 0 saturated heterocycles. The van der Waals surface area contributed by atoms with Crippen molar-refractivity contribution in [2.24, 2.45) is 0 Å². The first kappa shape index (κ1) is 25.2. The van der Waals surface area contributed by atoms with E-state index >= 15 is 0 Å². The minimum absolute atomic E-state index is 0.0228. The molecule has 0 N–H and O–H groups in total. The topological polar surface area (TPSA) is 68.3 Å². The van der Waals surface area contributed by atoms with Crippen molar-refractivity contribution in [1.82, 2.24) is 0 Å². The third-order valence-electron chi connectivity index (χ3n) is 4.40. The number of Topliss-reactive ketones (excluding diaryl/α,β-unsaturated/α-hetero) is 2. The van der Waals surface area contributed by atoms with E-state index in [-0.39, 0.29) is 22.2 Å². The molecule has 0 radical (unpaired) electrons. The fourth-order valence-electron chi connectivity index (χ4n) is 2.64. The van der Waals surface area contributed by atoms with Gasteiger partial charge in [0.25, 0.3) is 0 Å². The number of carbonyl (C=O) groups is 2. The largest absolute Gasteiger partial charge is 0.293 e. The van der Waals surface area contributed by atoms with Crippen molar-refractivity contribution < 1.29 is 18.0 Å². The molecule has 0 aromatic heterocycles. The second-order valence-corrected chi connectivity index (χ2v) is 14.0. The van der Waals surface area contributed by atoms with Crippen molar-refractivity contribution in [3.8, 4) is 0 Å². The molecule has 166 valence electrons. The average Bonchev–Trinajstić information content (AvgIpc) is 2.77. The molecule has 0 heterocycles. The smallest absolute Gasteiger partial charge is 0.231 e. The van der Waals surface area contributed by atoms with Gasteiger partial charge in [0.05, 0.1) is 10.6 Å². The summed E-state index contributed by atoms with van der Waals surface area (Å²) in [7, 11) is -3.24. The van der Waals surface area contributed by atoms with Crippen LogP contribution in [0.1, 0.15) is 26.3 Å². The minimum Gasteiger partial charge on any atom is -0.293 e. The zero-order chi connectivity index (χ0) is 23.3. The number of hydrogen-bond donors (Lipinski definition) is 0. The lowest BCUT2D eigenvalue weighted by atomic mass is 10.1. The first-order valence-corrected chi connectivity index (χ1v) is 14.9. The van der Waals surface area contributed by atoms with E-state index in [2.05, 4.69) is 31.9 Å².